The molecule has 0 saturated heterocycles. The minimum absolute atomic E-state index is 0.286. The Bertz CT molecular complexity index is 436. The molecule has 0 spiro atoms. The number of hydrogen-bond acceptors (Lipinski definition) is 2. The molecule has 0 aliphatic carbocycles. The highest BCUT2D eigenvalue weighted by molar-refractivity contribution is 5.97. The molecule has 84 valence electrons. The smallest absolute Gasteiger partial charge is 0.227 e. The van der Waals surface area contributed by atoms with Crippen molar-refractivity contribution in [2.24, 2.45) is 5.73 Å². The van der Waals surface area contributed by atoms with Gasteiger partial charge in [0.1, 0.15) is 0 Å². The average Bonchev–Trinajstić information content (AvgIpc) is 2.33. The second-order valence-corrected chi connectivity index (χ2v) is 4.62. The molecule has 1 aromatic carbocycles. The monoisotopic (exact) mass is 216 g/mol. The Balaban J connectivity index is 2.18. The number of nitrogens with zero attached hydrogens (tertiary/aromatic N) is 1. The number of rotatable bonds is 1. The number of aryl methyl sites for hydroxylation is 2. The molecule has 16 heavy (non-hydrogen) atoms. The summed E-state index contributed by atoms with van der Waals surface area (Å²) in [5.74, 6) is 0.286. The maximum atomic E-state index is 11.8. The summed E-state index contributed by atoms with van der Waals surface area (Å²) in [6, 6.07) is 4.34. The third-order valence-corrected chi connectivity index (χ3v) is 3.57. The van der Waals surface area contributed by atoms with Crippen LogP contribution < -0.4 is 10.6 Å². The predicted octanol–water partition coefficient (Wildman–Crippen LogP) is 1.37. The van der Waals surface area contributed by atoms with E-state index in [1.165, 1.54) is 22.4 Å². The van der Waals surface area contributed by atoms with Crippen molar-refractivity contribution in [3.05, 3.63) is 28.8 Å². The van der Waals surface area contributed by atoms with E-state index in [-0.39, 0.29) is 5.91 Å². The van der Waals surface area contributed by atoms with Crippen LogP contribution in [-0.2, 0) is 24.2 Å². The van der Waals surface area contributed by atoms with Crippen LogP contribution in [0.5, 0.6) is 0 Å². The molecule has 3 heteroatoms. The lowest BCUT2D eigenvalue weighted by atomic mass is 9.90. The van der Waals surface area contributed by atoms with Gasteiger partial charge in [-0.3, -0.25) is 4.79 Å². The zero-order chi connectivity index (χ0) is 11.1. The summed E-state index contributed by atoms with van der Waals surface area (Å²) < 4.78 is 0. The Morgan fingerprint density at radius 1 is 1.19 bits per heavy atom. The normalized spacial score (nSPS) is 18.6. The lowest BCUT2D eigenvalue weighted by Crippen LogP contribution is -2.39. The highest BCUT2D eigenvalue weighted by Gasteiger charge is 2.29. The highest BCUT2D eigenvalue weighted by atomic mass is 16.2. The summed E-state index contributed by atoms with van der Waals surface area (Å²) in [6.45, 7) is 1.48. The molecule has 1 amide bonds. The zero-order valence-corrected chi connectivity index (χ0v) is 9.33. The van der Waals surface area contributed by atoms with E-state index in [1.807, 2.05) is 4.90 Å². The molecule has 0 bridgehead atoms. The third kappa shape index (κ3) is 1.35. The molecule has 2 N–H and O–H groups in total. The van der Waals surface area contributed by atoms with E-state index >= 15 is 0 Å². The maximum absolute atomic E-state index is 11.8. The van der Waals surface area contributed by atoms with Gasteiger partial charge in [-0.1, -0.05) is 12.1 Å². The van der Waals surface area contributed by atoms with Gasteiger partial charge in [-0.2, -0.15) is 0 Å². The molecule has 2 aliphatic rings. The molecular weight excluding hydrogens is 200 g/mol. The molecule has 1 aromatic rings. The van der Waals surface area contributed by atoms with Crippen LogP contribution in [-0.4, -0.2) is 12.5 Å². The molecular formula is C13H16N2O. The molecule has 0 fully saturated rings. The van der Waals surface area contributed by atoms with E-state index in [1.54, 1.807) is 0 Å². The first kappa shape index (κ1) is 9.85. The molecule has 0 aromatic heterocycles. The zero-order valence-electron chi connectivity index (χ0n) is 9.33. The lowest BCUT2D eigenvalue weighted by molar-refractivity contribution is -0.119. The van der Waals surface area contributed by atoms with Crippen molar-refractivity contribution in [2.45, 2.75) is 32.2 Å². The van der Waals surface area contributed by atoms with Crippen LogP contribution in [0, 0.1) is 0 Å². The molecule has 0 radical (unpaired) electrons. The van der Waals surface area contributed by atoms with Crippen LogP contribution in [0.2, 0.25) is 0 Å². The number of amides is 1. The first-order valence-electron chi connectivity index (χ1n) is 5.94. The summed E-state index contributed by atoms with van der Waals surface area (Å²) in [6.07, 6.45) is 3.69. The van der Waals surface area contributed by atoms with Gasteiger partial charge in [0.25, 0.3) is 0 Å². The fraction of sp³-hybridized carbons (Fsp3) is 0.462. The van der Waals surface area contributed by atoms with Gasteiger partial charge < -0.3 is 10.6 Å². The maximum Gasteiger partial charge on any atom is 0.227 e. The highest BCUT2D eigenvalue weighted by Crippen LogP contribution is 2.36. The van der Waals surface area contributed by atoms with E-state index < -0.39 is 0 Å². The van der Waals surface area contributed by atoms with Gasteiger partial charge in [-0.15, -0.1) is 0 Å². The predicted molar refractivity (Wildman–Crippen MR) is 63.3 cm³/mol. The van der Waals surface area contributed by atoms with Crippen molar-refractivity contribution in [1.82, 2.24) is 0 Å². The fourth-order valence-corrected chi connectivity index (χ4v) is 2.84. The van der Waals surface area contributed by atoms with E-state index in [9.17, 15) is 4.79 Å². The molecule has 3 nitrogen and oxygen atoms in total. The Hall–Kier alpha value is -1.35. The Labute approximate surface area is 95.2 Å². The molecule has 0 unspecified atom stereocenters. The first-order valence-corrected chi connectivity index (χ1v) is 5.94. The minimum Gasteiger partial charge on any atom is -0.326 e. The lowest BCUT2D eigenvalue weighted by Gasteiger charge is -2.35. The number of anilines is 1. The SMILES string of the molecule is NCc1cc2c3c(c1)CCC(=O)N3CCC2. The summed E-state index contributed by atoms with van der Waals surface area (Å²) in [7, 11) is 0. The van der Waals surface area contributed by atoms with Crippen molar-refractivity contribution in [1.29, 1.82) is 0 Å². The molecule has 3 rings (SSSR count). The van der Waals surface area contributed by atoms with Crippen LogP contribution in [0.4, 0.5) is 5.69 Å². The van der Waals surface area contributed by atoms with Crippen LogP contribution in [0.1, 0.15) is 29.5 Å². The van der Waals surface area contributed by atoms with Crippen molar-refractivity contribution in [3.63, 3.8) is 0 Å². The van der Waals surface area contributed by atoms with Gasteiger partial charge >= 0.3 is 0 Å². The Morgan fingerprint density at radius 3 is 2.69 bits per heavy atom. The van der Waals surface area contributed by atoms with Gasteiger partial charge in [-0.25, -0.2) is 0 Å². The summed E-state index contributed by atoms with van der Waals surface area (Å²) in [5.41, 5.74) is 10.7. The van der Waals surface area contributed by atoms with Crippen LogP contribution in [0.15, 0.2) is 12.1 Å². The Morgan fingerprint density at radius 2 is 1.94 bits per heavy atom. The van der Waals surface area contributed by atoms with Gasteiger partial charge in [0, 0.05) is 19.5 Å². The first-order chi connectivity index (χ1) is 7.79. The van der Waals surface area contributed by atoms with Crippen LogP contribution in [0.25, 0.3) is 0 Å². The third-order valence-electron chi connectivity index (χ3n) is 3.57. The summed E-state index contributed by atoms with van der Waals surface area (Å²) in [4.78, 5) is 13.8. The average molecular weight is 216 g/mol. The van der Waals surface area contributed by atoms with Gasteiger partial charge in [-0.05, 0) is 36.0 Å². The van der Waals surface area contributed by atoms with Crippen molar-refractivity contribution < 1.29 is 4.79 Å². The van der Waals surface area contributed by atoms with Crippen LogP contribution in [0.3, 0.4) is 0 Å². The molecule has 2 aliphatic heterocycles. The fourth-order valence-electron chi connectivity index (χ4n) is 2.84. The van der Waals surface area contributed by atoms with E-state index in [2.05, 4.69) is 12.1 Å². The molecule has 0 atom stereocenters. The summed E-state index contributed by atoms with van der Waals surface area (Å²) in [5, 5.41) is 0. The minimum atomic E-state index is 0.286. The standard InChI is InChI=1S/C13H16N2O/c14-8-9-6-10-2-1-5-15-12(16)4-3-11(7-9)13(10)15/h6-7H,1-5,8,14H2. The number of nitrogens with two attached hydrogens (primary N) is 1. The van der Waals surface area contributed by atoms with E-state index in [0.717, 1.165) is 25.8 Å². The second-order valence-electron chi connectivity index (χ2n) is 4.62. The quantitative estimate of drug-likeness (QED) is 0.770. The molecule has 2 heterocycles. The van der Waals surface area contributed by atoms with Crippen LogP contribution >= 0.6 is 0 Å². The van der Waals surface area contributed by atoms with E-state index in [0.29, 0.717) is 13.0 Å². The Kier molecular flexibility index (Phi) is 2.21. The number of hydrogen-bond donors (Lipinski definition) is 1. The largest absolute Gasteiger partial charge is 0.326 e. The van der Waals surface area contributed by atoms with E-state index in [4.69, 9.17) is 5.73 Å². The van der Waals surface area contributed by atoms with Gasteiger partial charge in [0.2, 0.25) is 5.91 Å². The van der Waals surface area contributed by atoms with Gasteiger partial charge in [0.05, 0.1) is 5.69 Å². The summed E-state index contributed by atoms with van der Waals surface area (Å²) >= 11 is 0. The number of carbonyl (C=O) groups excluding carboxylic acids is 1. The van der Waals surface area contributed by atoms with Crippen molar-refractivity contribution in [3.8, 4) is 0 Å². The molecule has 0 saturated carbocycles. The number of carbonyl (C=O) groups is 1. The topological polar surface area (TPSA) is 46.3 Å². The number of benzene rings is 1. The van der Waals surface area contributed by atoms with Crippen molar-refractivity contribution >= 4 is 11.6 Å². The van der Waals surface area contributed by atoms with Crippen molar-refractivity contribution in [2.75, 3.05) is 11.4 Å². The van der Waals surface area contributed by atoms with Gasteiger partial charge in [0.15, 0.2) is 0 Å². The second kappa shape index (κ2) is 3.59.